The lowest BCUT2D eigenvalue weighted by molar-refractivity contribution is 0.0383. The maximum absolute atomic E-state index is 12.4. The van der Waals surface area contributed by atoms with Crippen LogP contribution in [0.1, 0.15) is 33.9 Å². The Morgan fingerprint density at radius 1 is 1.10 bits per heavy atom. The molecule has 2 aliphatic rings. The van der Waals surface area contributed by atoms with Crippen molar-refractivity contribution in [3.63, 3.8) is 0 Å². The van der Waals surface area contributed by atoms with Gasteiger partial charge in [-0.3, -0.25) is 14.6 Å². The van der Waals surface area contributed by atoms with Gasteiger partial charge in [-0.25, -0.2) is 4.98 Å². The van der Waals surface area contributed by atoms with E-state index in [-0.39, 0.29) is 5.91 Å². The number of ether oxygens (including phenoxy) is 1. The van der Waals surface area contributed by atoms with Crippen LogP contribution in [0.15, 0.2) is 35.7 Å². The monoisotopic (exact) mass is 428 g/mol. The summed E-state index contributed by atoms with van der Waals surface area (Å²) in [5.41, 5.74) is 2.00. The van der Waals surface area contributed by atoms with E-state index >= 15 is 0 Å². The predicted octanol–water partition coefficient (Wildman–Crippen LogP) is 2.66. The van der Waals surface area contributed by atoms with Gasteiger partial charge in [-0.05, 0) is 43.8 Å². The van der Waals surface area contributed by atoms with Gasteiger partial charge in [-0.1, -0.05) is 30.3 Å². The smallest absolute Gasteiger partial charge is 0.270 e. The highest BCUT2D eigenvalue weighted by Gasteiger charge is 2.21. The van der Waals surface area contributed by atoms with Crippen molar-refractivity contribution in [1.82, 2.24) is 20.1 Å². The summed E-state index contributed by atoms with van der Waals surface area (Å²) < 4.78 is 5.35. The third-order valence-corrected chi connectivity index (χ3v) is 6.87. The molecular formula is C23H32N4O2S. The number of likely N-dealkylation sites (tertiary alicyclic amines) is 1. The molecule has 1 N–H and O–H groups in total. The van der Waals surface area contributed by atoms with E-state index in [0.717, 1.165) is 63.4 Å². The Balaban J connectivity index is 1.17. The molecule has 4 rings (SSSR count). The van der Waals surface area contributed by atoms with Gasteiger partial charge in [0.05, 0.1) is 19.8 Å². The molecule has 0 unspecified atom stereocenters. The first-order chi connectivity index (χ1) is 14.8. The zero-order valence-electron chi connectivity index (χ0n) is 17.6. The van der Waals surface area contributed by atoms with Crippen molar-refractivity contribution in [2.75, 3.05) is 52.5 Å². The largest absolute Gasteiger partial charge is 0.379 e. The number of aromatic nitrogens is 1. The van der Waals surface area contributed by atoms with E-state index in [4.69, 9.17) is 4.74 Å². The highest BCUT2D eigenvalue weighted by molar-refractivity contribution is 7.09. The lowest BCUT2D eigenvalue weighted by Crippen LogP contribution is -2.41. The van der Waals surface area contributed by atoms with Crippen molar-refractivity contribution in [3.8, 4) is 0 Å². The van der Waals surface area contributed by atoms with E-state index in [9.17, 15) is 4.79 Å². The van der Waals surface area contributed by atoms with Crippen LogP contribution in [0.4, 0.5) is 0 Å². The molecule has 0 spiro atoms. The maximum atomic E-state index is 12.4. The van der Waals surface area contributed by atoms with E-state index < -0.39 is 0 Å². The molecule has 3 heterocycles. The molecule has 2 saturated heterocycles. The van der Waals surface area contributed by atoms with Crippen LogP contribution in [-0.2, 0) is 17.7 Å². The summed E-state index contributed by atoms with van der Waals surface area (Å²) in [6.45, 7) is 8.04. The van der Waals surface area contributed by atoms with Crippen molar-refractivity contribution >= 4 is 17.2 Å². The number of nitrogens with one attached hydrogen (secondary N) is 1. The summed E-state index contributed by atoms with van der Waals surface area (Å²) in [5.74, 6) is 0.708. The first-order valence-electron chi connectivity index (χ1n) is 11.1. The minimum absolute atomic E-state index is 0.0627. The highest BCUT2D eigenvalue weighted by Crippen LogP contribution is 2.23. The molecule has 1 aromatic heterocycles. The first kappa shape index (κ1) is 21.4. The number of thiazole rings is 1. The molecule has 2 fully saturated rings. The number of hydrogen-bond donors (Lipinski definition) is 1. The number of carbonyl (C=O) groups is 1. The number of hydrogen-bond acceptors (Lipinski definition) is 6. The van der Waals surface area contributed by atoms with Gasteiger partial charge in [0.1, 0.15) is 10.7 Å². The molecule has 2 aromatic rings. The van der Waals surface area contributed by atoms with Gasteiger partial charge < -0.3 is 10.1 Å². The van der Waals surface area contributed by atoms with E-state index in [0.29, 0.717) is 12.2 Å². The lowest BCUT2D eigenvalue weighted by atomic mass is 9.90. The minimum atomic E-state index is -0.0627. The molecule has 1 amide bonds. The zero-order valence-corrected chi connectivity index (χ0v) is 18.4. The number of morpholine rings is 1. The molecule has 0 radical (unpaired) electrons. The Hall–Kier alpha value is -1.80. The molecule has 2 aliphatic heterocycles. The van der Waals surface area contributed by atoms with Crippen LogP contribution in [0.25, 0.3) is 0 Å². The molecule has 0 aliphatic carbocycles. The van der Waals surface area contributed by atoms with Gasteiger partial charge in [0, 0.05) is 31.6 Å². The Bertz CT molecular complexity index is 784. The van der Waals surface area contributed by atoms with Crippen molar-refractivity contribution in [2.24, 2.45) is 5.92 Å². The van der Waals surface area contributed by atoms with E-state index in [1.54, 1.807) is 11.3 Å². The summed E-state index contributed by atoms with van der Waals surface area (Å²) in [5, 5.41) is 5.93. The molecule has 1 aromatic carbocycles. The third-order valence-electron chi connectivity index (χ3n) is 6.03. The lowest BCUT2D eigenvalue weighted by Gasteiger charge is -2.31. The topological polar surface area (TPSA) is 57.7 Å². The van der Waals surface area contributed by atoms with Gasteiger partial charge in [0.25, 0.3) is 5.91 Å². The molecule has 162 valence electrons. The SMILES string of the molecule is O=C(NCCN1CCOCC1)c1csc(CN2CCC(Cc3ccccc3)CC2)n1. The molecule has 0 bridgehead atoms. The molecule has 30 heavy (non-hydrogen) atoms. The van der Waals surface area contributed by atoms with E-state index in [1.165, 1.54) is 24.8 Å². The van der Waals surface area contributed by atoms with Gasteiger partial charge in [-0.2, -0.15) is 0 Å². The Morgan fingerprint density at radius 2 is 1.87 bits per heavy atom. The summed E-state index contributed by atoms with van der Waals surface area (Å²) in [7, 11) is 0. The molecular weight excluding hydrogens is 396 g/mol. The number of nitrogens with zero attached hydrogens (tertiary/aromatic N) is 3. The van der Waals surface area contributed by atoms with Crippen LogP contribution in [0.3, 0.4) is 0 Å². The second-order valence-corrected chi connectivity index (χ2v) is 9.19. The molecule has 0 saturated carbocycles. The summed E-state index contributed by atoms with van der Waals surface area (Å²) in [6, 6.07) is 10.8. The summed E-state index contributed by atoms with van der Waals surface area (Å²) in [6.07, 6.45) is 3.64. The number of amides is 1. The number of benzene rings is 1. The molecule has 0 atom stereocenters. The molecule has 7 heteroatoms. The standard InChI is InChI=1S/C23H32N4O2S/c28-23(24-8-11-26-12-14-29-15-13-26)21-18-30-22(25-21)17-27-9-6-20(7-10-27)16-19-4-2-1-3-5-19/h1-5,18,20H,6-17H2,(H,24,28). The minimum Gasteiger partial charge on any atom is -0.379 e. The average molecular weight is 429 g/mol. The van der Waals surface area contributed by atoms with E-state index in [1.807, 2.05) is 5.38 Å². The predicted molar refractivity (Wildman–Crippen MR) is 120 cm³/mol. The van der Waals surface area contributed by atoms with Crippen molar-refractivity contribution < 1.29 is 9.53 Å². The Labute approximate surface area is 183 Å². The van der Waals surface area contributed by atoms with Gasteiger partial charge in [0.2, 0.25) is 0 Å². The molecule has 6 nitrogen and oxygen atoms in total. The van der Waals surface area contributed by atoms with Gasteiger partial charge in [0.15, 0.2) is 0 Å². The second-order valence-electron chi connectivity index (χ2n) is 8.25. The Morgan fingerprint density at radius 3 is 2.63 bits per heavy atom. The average Bonchev–Trinajstić information content (AvgIpc) is 3.25. The fourth-order valence-corrected chi connectivity index (χ4v) is 5.03. The normalized spacial score (nSPS) is 19.1. The summed E-state index contributed by atoms with van der Waals surface area (Å²) >= 11 is 1.60. The van der Waals surface area contributed by atoms with Crippen LogP contribution in [0.5, 0.6) is 0 Å². The Kier molecular flexibility index (Phi) is 7.86. The second kappa shape index (κ2) is 11.0. The van der Waals surface area contributed by atoms with Crippen LogP contribution in [0.2, 0.25) is 0 Å². The van der Waals surface area contributed by atoms with Crippen LogP contribution in [-0.4, -0.2) is 73.2 Å². The number of piperidine rings is 1. The van der Waals surface area contributed by atoms with Crippen molar-refractivity contribution in [1.29, 1.82) is 0 Å². The van der Waals surface area contributed by atoms with Gasteiger partial charge in [-0.15, -0.1) is 11.3 Å². The maximum Gasteiger partial charge on any atom is 0.270 e. The quantitative estimate of drug-likeness (QED) is 0.701. The van der Waals surface area contributed by atoms with Crippen molar-refractivity contribution in [2.45, 2.75) is 25.8 Å². The first-order valence-corrected chi connectivity index (χ1v) is 11.9. The van der Waals surface area contributed by atoms with Crippen molar-refractivity contribution in [3.05, 3.63) is 52.0 Å². The third kappa shape index (κ3) is 6.35. The number of rotatable bonds is 8. The fourth-order valence-electron chi connectivity index (χ4n) is 4.22. The number of carbonyl (C=O) groups excluding carboxylic acids is 1. The fraction of sp³-hybridized carbons (Fsp3) is 0.565. The summed E-state index contributed by atoms with van der Waals surface area (Å²) in [4.78, 5) is 21.8. The van der Waals surface area contributed by atoms with E-state index in [2.05, 4.69) is 50.4 Å². The van der Waals surface area contributed by atoms with Gasteiger partial charge >= 0.3 is 0 Å². The van der Waals surface area contributed by atoms with Crippen LogP contribution < -0.4 is 5.32 Å². The van der Waals surface area contributed by atoms with Crippen LogP contribution >= 0.6 is 11.3 Å². The highest BCUT2D eigenvalue weighted by atomic mass is 32.1. The zero-order chi connectivity index (χ0) is 20.6. The van der Waals surface area contributed by atoms with Crippen LogP contribution in [0, 0.1) is 5.92 Å².